The molecule has 14 aromatic carbocycles. The summed E-state index contributed by atoms with van der Waals surface area (Å²) >= 11 is 5.68. The third kappa shape index (κ3) is 9.77. The highest BCUT2D eigenvalue weighted by atomic mass is 32.1. The highest BCUT2D eigenvalue weighted by molar-refractivity contribution is 7.28. The first kappa shape index (κ1) is 58.4. The van der Waals surface area contributed by atoms with Crippen molar-refractivity contribution in [2.75, 3.05) is 9.80 Å². The van der Waals surface area contributed by atoms with E-state index in [4.69, 9.17) is 9.47 Å². The van der Waals surface area contributed by atoms with Gasteiger partial charge in [-0.05, 0) is 130 Å². The zero-order valence-electron chi connectivity index (χ0n) is 54.2. The molecule has 2 aliphatic rings. The molecule has 4 aromatic heterocycles. The number of aromatic nitrogens is 1. The lowest BCUT2D eigenvalue weighted by Gasteiger charge is -2.28. The van der Waals surface area contributed by atoms with Crippen molar-refractivity contribution in [2.45, 2.75) is 25.0 Å². The zero-order valence-corrected chi connectivity index (χ0v) is 56.7. The fourth-order valence-corrected chi connectivity index (χ4v) is 19.3. The first-order valence-corrected chi connectivity index (χ1v) is 36.7. The fraction of sp³-hybridized carbons (Fsp3) is 0.0435. The maximum Gasteiger partial charge on any atom is 0.127 e. The number of rotatable bonds is 13. The van der Waals surface area contributed by atoms with E-state index in [1.54, 1.807) is 0 Å². The molecular formula is C92H61N3O2S3. The molecule has 5 nitrogen and oxygen atoms in total. The van der Waals surface area contributed by atoms with Crippen molar-refractivity contribution in [3.05, 3.63) is 356 Å². The van der Waals surface area contributed by atoms with Crippen LogP contribution in [-0.2, 0) is 9.47 Å². The maximum atomic E-state index is 6.93. The summed E-state index contributed by atoms with van der Waals surface area (Å²) < 4.78 is 23.9. The molecule has 20 rings (SSSR count). The van der Waals surface area contributed by atoms with Gasteiger partial charge in [-0.1, -0.05) is 237 Å². The molecule has 6 heterocycles. The van der Waals surface area contributed by atoms with E-state index in [9.17, 15) is 0 Å². The first-order valence-electron chi connectivity index (χ1n) is 34.2. The van der Waals surface area contributed by atoms with Crippen LogP contribution >= 0.6 is 34.0 Å². The van der Waals surface area contributed by atoms with Crippen LogP contribution in [0.1, 0.15) is 47.3 Å². The Hall–Kier alpha value is -11.8. The molecule has 0 bridgehead atoms. The van der Waals surface area contributed by atoms with Crippen molar-refractivity contribution in [1.82, 2.24) is 4.57 Å². The van der Waals surface area contributed by atoms with E-state index < -0.39 is 0 Å². The number of fused-ring (bicyclic) bond motifs is 14. The van der Waals surface area contributed by atoms with Gasteiger partial charge in [-0.2, -0.15) is 0 Å². The van der Waals surface area contributed by atoms with Crippen LogP contribution in [-0.4, -0.2) is 4.57 Å². The number of ether oxygens (including phenoxy) is 2. The Balaban J connectivity index is 0.903. The highest BCUT2D eigenvalue weighted by Crippen LogP contribution is 2.57. The minimum absolute atomic E-state index is 0.0631. The Bertz CT molecular complexity index is 6320. The molecule has 0 N–H and O–H groups in total. The van der Waals surface area contributed by atoms with Crippen molar-refractivity contribution < 1.29 is 9.47 Å². The van der Waals surface area contributed by atoms with Crippen LogP contribution in [0.4, 0.5) is 34.1 Å². The summed E-state index contributed by atoms with van der Waals surface area (Å²) in [5.74, 6) is 1.81. The van der Waals surface area contributed by atoms with E-state index in [1.165, 1.54) is 76.9 Å². The number of anilines is 6. The molecule has 0 fully saturated rings. The van der Waals surface area contributed by atoms with Gasteiger partial charge in [0.15, 0.2) is 0 Å². The molecule has 0 spiro atoms. The van der Waals surface area contributed by atoms with Gasteiger partial charge in [-0.3, -0.25) is 0 Å². The van der Waals surface area contributed by atoms with E-state index in [0.29, 0.717) is 0 Å². The lowest BCUT2D eigenvalue weighted by molar-refractivity contribution is 0.194. The summed E-state index contributed by atoms with van der Waals surface area (Å²) in [7, 11) is 0. The number of hydrogen-bond donors (Lipinski definition) is 0. The predicted octanol–water partition coefficient (Wildman–Crippen LogP) is 27.2. The van der Waals surface area contributed by atoms with Gasteiger partial charge in [0, 0.05) is 109 Å². The lowest BCUT2D eigenvalue weighted by Crippen LogP contribution is -2.11. The number of hydrogen-bond acceptors (Lipinski definition) is 7. The van der Waals surface area contributed by atoms with Gasteiger partial charge < -0.3 is 23.8 Å². The van der Waals surface area contributed by atoms with Gasteiger partial charge in [0.05, 0.1) is 37.5 Å². The second kappa shape index (κ2) is 24.0. The predicted molar refractivity (Wildman–Crippen MR) is 425 cm³/mol. The molecule has 0 saturated heterocycles. The van der Waals surface area contributed by atoms with E-state index in [2.05, 4.69) is 348 Å². The summed E-state index contributed by atoms with van der Waals surface area (Å²) in [6, 6.07) is 118. The van der Waals surface area contributed by atoms with E-state index >= 15 is 0 Å². The van der Waals surface area contributed by atoms with Gasteiger partial charge in [0.25, 0.3) is 0 Å². The molecule has 8 heteroatoms. The number of benzene rings is 14. The summed E-state index contributed by atoms with van der Waals surface area (Å²) in [6.45, 7) is 0. The fourth-order valence-electron chi connectivity index (χ4n) is 15.6. The molecule has 2 aliphatic heterocycles. The van der Waals surface area contributed by atoms with E-state index in [1.807, 2.05) is 34.0 Å². The van der Waals surface area contributed by atoms with Crippen LogP contribution in [0.25, 0.3) is 122 Å². The Morgan fingerprint density at radius 3 is 1.35 bits per heavy atom. The Labute approximate surface area is 590 Å². The van der Waals surface area contributed by atoms with Crippen LogP contribution in [0.15, 0.2) is 334 Å². The van der Waals surface area contributed by atoms with Gasteiger partial charge in [0.2, 0.25) is 0 Å². The molecule has 0 aliphatic carbocycles. The summed E-state index contributed by atoms with van der Waals surface area (Å²) in [6.07, 6.45) is 5.86. The minimum atomic E-state index is -0.162. The Morgan fingerprint density at radius 1 is 0.290 bits per heavy atom. The topological polar surface area (TPSA) is 29.9 Å². The summed E-state index contributed by atoms with van der Waals surface area (Å²) in [4.78, 5) is 5.07. The van der Waals surface area contributed by atoms with Crippen molar-refractivity contribution in [1.29, 1.82) is 0 Å². The average molecular weight is 1340 g/mol. The van der Waals surface area contributed by atoms with Crippen LogP contribution < -0.4 is 9.80 Å². The third-order valence-corrected chi connectivity index (χ3v) is 23.8. The molecular weight excluding hydrogens is 1280 g/mol. The van der Waals surface area contributed by atoms with E-state index in [-0.39, 0.29) is 12.2 Å². The first-order chi connectivity index (χ1) is 49.6. The normalized spacial score (nSPS) is 14.6. The molecule has 0 saturated carbocycles. The van der Waals surface area contributed by atoms with Crippen molar-refractivity contribution >= 4 is 162 Å². The number of thiophene rings is 3. The maximum absolute atomic E-state index is 6.93. The van der Waals surface area contributed by atoms with E-state index in [0.717, 1.165) is 114 Å². The average Bonchev–Trinajstić information content (AvgIpc) is 1.52. The number of nitrogens with zero attached hydrogens (tertiary/aromatic N) is 3. The second-order valence-electron chi connectivity index (χ2n) is 26.0. The zero-order chi connectivity index (χ0) is 65.8. The van der Waals surface area contributed by atoms with Crippen LogP contribution in [0, 0.1) is 0 Å². The minimum Gasteiger partial charge on any atom is -0.485 e. The van der Waals surface area contributed by atoms with Crippen molar-refractivity contribution in [3.8, 4) is 27.9 Å². The molecule has 474 valence electrons. The highest BCUT2D eigenvalue weighted by Gasteiger charge is 2.32. The summed E-state index contributed by atoms with van der Waals surface area (Å²) in [5.41, 5.74) is 18.7. The van der Waals surface area contributed by atoms with Crippen LogP contribution in [0.2, 0.25) is 0 Å². The lowest BCUT2D eigenvalue weighted by atomic mass is 9.99. The van der Waals surface area contributed by atoms with Gasteiger partial charge in [-0.15, -0.1) is 34.0 Å². The standard InChI is InChI=1S/C92H61N3O2S3/c1-5-24-58(25-6-1)62-32-19-36-66(52-62)93(68-38-21-34-64(54-68)81-50-48-79(96-81)60-28-9-3-10-29-60)75-56-77-89(92-86(75)72-41-14-17-46-84(72)100-92)88-76(95(77)74-44-23-43-71-70-40-13-16-45-83(70)98-90(71)74)57-78(91-87(88)73-42-15-18-47-85(73)99-91)94(67-37-20-33-63(53-67)59-26-7-2-8-27-59)69-39-22-35-65(55-69)82-51-49-80(97-82)61-30-11-4-12-31-61/h1-47,49-50,52-57,79,82H,48,51H2. The third-order valence-electron chi connectivity index (χ3n) is 20.2. The largest absolute Gasteiger partial charge is 0.485 e. The Kier molecular flexibility index (Phi) is 14.0. The van der Waals surface area contributed by atoms with Crippen LogP contribution in [0.5, 0.6) is 0 Å². The Morgan fingerprint density at radius 2 is 0.710 bits per heavy atom. The molecule has 0 radical (unpaired) electrons. The van der Waals surface area contributed by atoms with Crippen molar-refractivity contribution in [2.24, 2.45) is 0 Å². The summed E-state index contributed by atoms with van der Waals surface area (Å²) in [5, 5.41) is 9.84. The SMILES string of the molecule is C1=C(c2cccc(N(c3cccc(-c4ccccc4)c3)c3cc4c(c5sc6ccccc6c35)c3c5c(sc6ccccc65)c(N(c5cccc(-c6ccccc6)c5)c5cccc(C6CC=C(c7ccccc7)O6)c5)cc3n4-c3cccc4c3sc3ccccc34)c2)OC(c2ccccc2)C1. The molecule has 2 unspecified atom stereocenters. The van der Waals surface area contributed by atoms with Crippen LogP contribution in [0.3, 0.4) is 0 Å². The van der Waals surface area contributed by atoms with Gasteiger partial charge in [-0.25, -0.2) is 0 Å². The molecule has 0 amide bonds. The second-order valence-corrected chi connectivity index (χ2v) is 29.2. The molecule has 2 atom stereocenters. The molecule has 18 aromatic rings. The van der Waals surface area contributed by atoms with Gasteiger partial charge >= 0.3 is 0 Å². The molecule has 100 heavy (non-hydrogen) atoms. The monoisotopic (exact) mass is 1340 g/mol. The van der Waals surface area contributed by atoms with Crippen molar-refractivity contribution in [3.63, 3.8) is 0 Å². The quantitative estimate of drug-likeness (QED) is 0.115. The van der Waals surface area contributed by atoms with Gasteiger partial charge in [0.1, 0.15) is 23.7 Å². The smallest absolute Gasteiger partial charge is 0.127 e.